The van der Waals surface area contributed by atoms with Gasteiger partial charge in [0.05, 0.1) is 5.69 Å². The molecule has 1 aromatic heterocycles. The van der Waals surface area contributed by atoms with Crippen LogP contribution >= 0.6 is 0 Å². The van der Waals surface area contributed by atoms with E-state index in [2.05, 4.69) is 30.7 Å². The van der Waals surface area contributed by atoms with E-state index in [1.54, 1.807) is 0 Å². The molecule has 2 heterocycles. The summed E-state index contributed by atoms with van der Waals surface area (Å²) in [7, 11) is 0. The Balaban J connectivity index is 1.74. The fraction of sp³-hybridized carbons (Fsp3) is 0.824. The van der Waals surface area contributed by atoms with E-state index in [-0.39, 0.29) is 5.41 Å². The van der Waals surface area contributed by atoms with E-state index in [1.807, 2.05) is 0 Å². The molecule has 2 aliphatic carbocycles. The maximum Gasteiger partial charge on any atom is 0.114 e. The molecule has 3 nitrogen and oxygen atoms in total. The fourth-order valence-corrected chi connectivity index (χ4v) is 3.98. The van der Waals surface area contributed by atoms with Gasteiger partial charge >= 0.3 is 0 Å². The third-order valence-corrected chi connectivity index (χ3v) is 5.47. The number of rotatable bonds is 3. The average molecular weight is 273 g/mol. The topological polar surface area (TPSA) is 29.9 Å². The lowest BCUT2D eigenvalue weighted by molar-refractivity contribution is 0.343. The highest BCUT2D eigenvalue weighted by molar-refractivity contribution is 5.24. The third-order valence-electron chi connectivity index (χ3n) is 5.47. The van der Waals surface area contributed by atoms with Crippen molar-refractivity contribution in [3.8, 4) is 0 Å². The molecule has 0 saturated heterocycles. The molecule has 0 radical (unpaired) electrons. The molecule has 0 atom stereocenters. The monoisotopic (exact) mass is 273 g/mol. The van der Waals surface area contributed by atoms with E-state index in [0.717, 1.165) is 25.4 Å². The minimum Gasteiger partial charge on any atom is -0.331 e. The zero-order valence-electron chi connectivity index (χ0n) is 13.1. The third kappa shape index (κ3) is 2.02. The van der Waals surface area contributed by atoms with Crippen LogP contribution in [0.15, 0.2) is 0 Å². The van der Waals surface area contributed by atoms with E-state index >= 15 is 0 Å². The number of hydrogen-bond acceptors (Lipinski definition) is 2. The number of nitrogens with one attached hydrogen (secondary N) is 1. The van der Waals surface area contributed by atoms with E-state index < -0.39 is 0 Å². The average Bonchev–Trinajstić information content (AvgIpc) is 3.26. The Kier molecular flexibility index (Phi) is 2.64. The highest BCUT2D eigenvalue weighted by Gasteiger charge is 2.54. The van der Waals surface area contributed by atoms with E-state index in [4.69, 9.17) is 4.98 Å². The molecule has 3 heteroatoms. The normalized spacial score (nSPS) is 24.6. The summed E-state index contributed by atoms with van der Waals surface area (Å²) in [5.74, 6) is 2.34. The predicted molar refractivity (Wildman–Crippen MR) is 80.7 cm³/mol. The zero-order valence-corrected chi connectivity index (χ0v) is 13.1. The lowest BCUT2D eigenvalue weighted by Crippen LogP contribution is -2.27. The first-order valence-electron chi connectivity index (χ1n) is 8.29. The maximum absolute atomic E-state index is 5.01. The molecular weight excluding hydrogens is 246 g/mol. The molecule has 4 rings (SSSR count). The highest BCUT2D eigenvalue weighted by atomic mass is 15.1. The van der Waals surface area contributed by atoms with Crippen molar-refractivity contribution < 1.29 is 0 Å². The summed E-state index contributed by atoms with van der Waals surface area (Å²) in [6.45, 7) is 10.2. The number of aromatic nitrogens is 2. The minimum atomic E-state index is 0.150. The van der Waals surface area contributed by atoms with Gasteiger partial charge in [0.2, 0.25) is 0 Å². The first kappa shape index (κ1) is 12.9. The van der Waals surface area contributed by atoms with Crippen LogP contribution in [0.25, 0.3) is 0 Å². The molecule has 0 bridgehead atoms. The van der Waals surface area contributed by atoms with Gasteiger partial charge in [-0.15, -0.1) is 0 Å². The maximum atomic E-state index is 5.01. The largest absolute Gasteiger partial charge is 0.331 e. The summed E-state index contributed by atoms with van der Waals surface area (Å²) >= 11 is 0. The molecular formula is C17H27N3. The quantitative estimate of drug-likeness (QED) is 0.917. The van der Waals surface area contributed by atoms with Crippen molar-refractivity contribution in [2.24, 2.45) is 11.3 Å². The first-order valence-corrected chi connectivity index (χ1v) is 8.29. The van der Waals surface area contributed by atoms with Crippen molar-refractivity contribution in [3.63, 3.8) is 0 Å². The number of hydrogen-bond donors (Lipinski definition) is 1. The molecule has 2 fully saturated rings. The molecule has 1 aromatic rings. The van der Waals surface area contributed by atoms with Crippen LogP contribution in [-0.2, 0) is 24.9 Å². The second-order valence-corrected chi connectivity index (χ2v) is 8.23. The van der Waals surface area contributed by atoms with E-state index in [0.29, 0.717) is 5.41 Å². The molecule has 0 spiro atoms. The minimum absolute atomic E-state index is 0.150. The zero-order chi connectivity index (χ0) is 14.0. The molecule has 0 unspecified atom stereocenters. The second kappa shape index (κ2) is 4.09. The van der Waals surface area contributed by atoms with Crippen molar-refractivity contribution >= 4 is 0 Å². The van der Waals surface area contributed by atoms with Gasteiger partial charge in [-0.25, -0.2) is 4.98 Å². The van der Waals surface area contributed by atoms with Crippen LogP contribution in [0.5, 0.6) is 0 Å². The summed E-state index contributed by atoms with van der Waals surface area (Å²) in [6, 6.07) is 0. The van der Waals surface area contributed by atoms with E-state index in [1.165, 1.54) is 49.4 Å². The van der Waals surface area contributed by atoms with Crippen LogP contribution in [0.1, 0.15) is 63.7 Å². The number of imidazole rings is 1. The highest BCUT2D eigenvalue weighted by Crippen LogP contribution is 2.62. The summed E-state index contributed by atoms with van der Waals surface area (Å²) in [6.07, 6.45) is 7.00. The SMILES string of the molecule is CC(C)(C)c1nc2c(n1CC1(C3CC3)CC1)CCNC2. The molecule has 2 saturated carbocycles. The van der Waals surface area contributed by atoms with Crippen molar-refractivity contribution in [1.82, 2.24) is 14.9 Å². The van der Waals surface area contributed by atoms with Gasteiger partial charge in [0.25, 0.3) is 0 Å². The molecule has 110 valence electrons. The Hall–Kier alpha value is -0.830. The molecule has 1 aliphatic heterocycles. The van der Waals surface area contributed by atoms with Crippen molar-refractivity contribution in [2.45, 2.75) is 71.4 Å². The van der Waals surface area contributed by atoms with Crippen LogP contribution in [0.3, 0.4) is 0 Å². The van der Waals surface area contributed by atoms with Crippen molar-refractivity contribution in [3.05, 3.63) is 17.2 Å². The first-order chi connectivity index (χ1) is 9.50. The number of fused-ring (bicyclic) bond motifs is 1. The molecule has 0 aromatic carbocycles. The Labute approximate surface area is 122 Å². The van der Waals surface area contributed by atoms with Gasteiger partial charge in [-0.1, -0.05) is 20.8 Å². The summed E-state index contributed by atoms with van der Waals surface area (Å²) in [5, 5.41) is 3.47. The number of nitrogens with zero attached hydrogens (tertiary/aromatic N) is 2. The lowest BCUT2D eigenvalue weighted by Gasteiger charge is -2.25. The van der Waals surface area contributed by atoms with Crippen LogP contribution in [-0.4, -0.2) is 16.1 Å². The van der Waals surface area contributed by atoms with Gasteiger partial charge in [0, 0.05) is 37.2 Å². The lowest BCUT2D eigenvalue weighted by atomic mass is 9.94. The Morgan fingerprint density at radius 1 is 1.30 bits per heavy atom. The second-order valence-electron chi connectivity index (χ2n) is 8.23. The standard InChI is InChI=1S/C17H27N3/c1-16(2,3)15-19-13-10-18-9-6-14(13)20(15)11-17(7-8-17)12-4-5-12/h12,18H,4-11H2,1-3H3. The summed E-state index contributed by atoms with van der Waals surface area (Å²) < 4.78 is 2.63. The molecule has 1 N–H and O–H groups in total. The van der Waals surface area contributed by atoms with Gasteiger partial charge in [-0.3, -0.25) is 0 Å². The predicted octanol–water partition coefficient (Wildman–Crippen LogP) is 3.02. The van der Waals surface area contributed by atoms with Gasteiger partial charge in [-0.2, -0.15) is 0 Å². The summed E-state index contributed by atoms with van der Waals surface area (Å²) in [4.78, 5) is 5.01. The molecule has 0 amide bonds. The van der Waals surface area contributed by atoms with E-state index in [9.17, 15) is 0 Å². The smallest absolute Gasteiger partial charge is 0.114 e. The van der Waals surface area contributed by atoms with Gasteiger partial charge in [0.1, 0.15) is 5.82 Å². The van der Waals surface area contributed by atoms with Crippen LogP contribution < -0.4 is 5.32 Å². The van der Waals surface area contributed by atoms with Crippen LogP contribution in [0, 0.1) is 11.3 Å². The van der Waals surface area contributed by atoms with Crippen LogP contribution in [0.4, 0.5) is 0 Å². The molecule has 20 heavy (non-hydrogen) atoms. The van der Waals surface area contributed by atoms with Gasteiger partial charge in [-0.05, 0) is 37.0 Å². The van der Waals surface area contributed by atoms with Crippen molar-refractivity contribution in [2.75, 3.05) is 6.54 Å². The van der Waals surface area contributed by atoms with Gasteiger partial charge < -0.3 is 9.88 Å². The van der Waals surface area contributed by atoms with Crippen molar-refractivity contribution in [1.29, 1.82) is 0 Å². The van der Waals surface area contributed by atoms with Gasteiger partial charge in [0.15, 0.2) is 0 Å². The Morgan fingerprint density at radius 2 is 2.05 bits per heavy atom. The summed E-state index contributed by atoms with van der Waals surface area (Å²) in [5.41, 5.74) is 3.64. The Bertz CT molecular complexity index is 527. The fourth-order valence-electron chi connectivity index (χ4n) is 3.98. The Morgan fingerprint density at radius 3 is 2.65 bits per heavy atom. The molecule has 3 aliphatic rings. The van der Waals surface area contributed by atoms with Crippen LogP contribution in [0.2, 0.25) is 0 Å².